The zero-order chi connectivity index (χ0) is 17.1. The highest BCUT2D eigenvalue weighted by Crippen LogP contribution is 2.30. The van der Waals surface area contributed by atoms with Crippen LogP contribution in [-0.2, 0) is 16.1 Å². The highest BCUT2D eigenvalue weighted by atomic mass is 16.2. The lowest BCUT2D eigenvalue weighted by Crippen LogP contribution is -2.46. The van der Waals surface area contributed by atoms with Gasteiger partial charge in [0.05, 0.1) is 5.92 Å². The van der Waals surface area contributed by atoms with Crippen LogP contribution in [0.3, 0.4) is 0 Å². The predicted octanol–water partition coefficient (Wildman–Crippen LogP) is 2.98. The third-order valence-corrected chi connectivity index (χ3v) is 5.84. The lowest BCUT2D eigenvalue weighted by molar-refractivity contribution is -0.129. The number of nitrogens with zero attached hydrogens (tertiary/aromatic N) is 1. The molecule has 0 unspecified atom stereocenters. The summed E-state index contributed by atoms with van der Waals surface area (Å²) in [5, 5.41) is 3.23. The topological polar surface area (TPSA) is 49.4 Å². The van der Waals surface area contributed by atoms with Crippen molar-refractivity contribution in [2.75, 3.05) is 6.54 Å². The summed E-state index contributed by atoms with van der Waals surface area (Å²) in [5.41, 5.74) is 1.11. The van der Waals surface area contributed by atoms with Gasteiger partial charge in [-0.1, -0.05) is 57.0 Å². The van der Waals surface area contributed by atoms with E-state index in [2.05, 4.69) is 19.2 Å². The number of carbonyl (C=O) groups is 2. The molecule has 2 amide bonds. The van der Waals surface area contributed by atoms with Crippen molar-refractivity contribution in [3.8, 4) is 0 Å². The SMILES string of the molecule is C[C@@H]1[C@H](C)CCC[C@@H]1NC(=O)[C@H]1CC(=O)N(Cc2ccccc2)C1. The predicted molar refractivity (Wildman–Crippen MR) is 94.1 cm³/mol. The number of benzene rings is 1. The Morgan fingerprint density at radius 3 is 2.71 bits per heavy atom. The van der Waals surface area contributed by atoms with Crippen LogP contribution in [0.4, 0.5) is 0 Å². The van der Waals surface area contributed by atoms with E-state index >= 15 is 0 Å². The van der Waals surface area contributed by atoms with Crippen LogP contribution in [0.2, 0.25) is 0 Å². The number of hydrogen-bond acceptors (Lipinski definition) is 2. The first-order valence-electron chi connectivity index (χ1n) is 9.16. The van der Waals surface area contributed by atoms with Crippen molar-refractivity contribution in [1.82, 2.24) is 10.2 Å². The van der Waals surface area contributed by atoms with Gasteiger partial charge >= 0.3 is 0 Å². The van der Waals surface area contributed by atoms with Gasteiger partial charge in [-0.25, -0.2) is 0 Å². The summed E-state index contributed by atoms with van der Waals surface area (Å²) in [4.78, 5) is 26.7. The van der Waals surface area contributed by atoms with Gasteiger partial charge in [-0.2, -0.15) is 0 Å². The minimum absolute atomic E-state index is 0.0601. The molecule has 0 aromatic heterocycles. The molecule has 0 radical (unpaired) electrons. The van der Waals surface area contributed by atoms with Gasteiger partial charge in [0.1, 0.15) is 0 Å². The fraction of sp³-hybridized carbons (Fsp3) is 0.600. The Kier molecular flexibility index (Phi) is 5.22. The first-order chi connectivity index (χ1) is 11.5. The highest BCUT2D eigenvalue weighted by Gasteiger charge is 2.36. The standard InChI is InChI=1S/C20H28N2O2/c1-14-7-6-10-18(15(14)2)21-20(24)17-11-19(23)22(13-17)12-16-8-4-3-5-9-16/h3-5,8-9,14-15,17-18H,6-7,10-13H2,1-2H3,(H,21,24)/t14-,15-,17+,18+/m1/s1. The Hall–Kier alpha value is -1.84. The molecule has 1 aromatic rings. The van der Waals surface area contributed by atoms with Gasteiger partial charge in [0, 0.05) is 25.6 Å². The average molecular weight is 328 g/mol. The average Bonchev–Trinajstić information content (AvgIpc) is 2.94. The van der Waals surface area contributed by atoms with Crippen LogP contribution in [0, 0.1) is 17.8 Å². The minimum Gasteiger partial charge on any atom is -0.353 e. The molecule has 2 fully saturated rings. The first kappa shape index (κ1) is 17.0. The molecule has 1 aromatic carbocycles. The number of nitrogens with one attached hydrogen (secondary N) is 1. The Bertz CT molecular complexity index is 587. The van der Waals surface area contributed by atoms with Crippen LogP contribution < -0.4 is 5.32 Å². The van der Waals surface area contributed by atoms with Crippen molar-refractivity contribution >= 4 is 11.8 Å². The normalized spacial score (nSPS) is 30.4. The van der Waals surface area contributed by atoms with E-state index in [4.69, 9.17) is 0 Å². The molecule has 1 aliphatic carbocycles. The third-order valence-electron chi connectivity index (χ3n) is 5.84. The van der Waals surface area contributed by atoms with Crippen molar-refractivity contribution in [2.24, 2.45) is 17.8 Å². The summed E-state index contributed by atoms with van der Waals surface area (Å²) in [6, 6.07) is 10.2. The van der Waals surface area contributed by atoms with E-state index in [-0.39, 0.29) is 23.8 Å². The van der Waals surface area contributed by atoms with E-state index in [1.165, 1.54) is 12.8 Å². The number of carbonyl (C=O) groups excluding carboxylic acids is 2. The maximum Gasteiger partial charge on any atom is 0.225 e. The maximum absolute atomic E-state index is 12.6. The van der Waals surface area contributed by atoms with Gasteiger partial charge in [-0.3, -0.25) is 9.59 Å². The van der Waals surface area contributed by atoms with Crippen LogP contribution in [0.25, 0.3) is 0 Å². The van der Waals surface area contributed by atoms with Gasteiger partial charge in [0.2, 0.25) is 11.8 Å². The van der Waals surface area contributed by atoms with Crippen LogP contribution in [0.1, 0.15) is 45.1 Å². The second kappa shape index (κ2) is 7.37. The molecule has 4 nitrogen and oxygen atoms in total. The molecule has 1 saturated carbocycles. The Morgan fingerprint density at radius 2 is 1.96 bits per heavy atom. The van der Waals surface area contributed by atoms with Gasteiger partial charge < -0.3 is 10.2 Å². The lowest BCUT2D eigenvalue weighted by atomic mass is 9.78. The summed E-state index contributed by atoms with van der Waals surface area (Å²) >= 11 is 0. The van der Waals surface area contributed by atoms with E-state index in [9.17, 15) is 9.59 Å². The highest BCUT2D eigenvalue weighted by molar-refractivity contribution is 5.89. The Labute approximate surface area is 144 Å². The maximum atomic E-state index is 12.6. The summed E-state index contributed by atoms with van der Waals surface area (Å²) < 4.78 is 0. The van der Waals surface area contributed by atoms with Crippen molar-refractivity contribution in [3.05, 3.63) is 35.9 Å². The molecule has 2 aliphatic rings. The van der Waals surface area contributed by atoms with Crippen LogP contribution in [0.5, 0.6) is 0 Å². The van der Waals surface area contributed by atoms with Crippen molar-refractivity contribution in [2.45, 2.75) is 52.1 Å². The molecule has 0 bridgehead atoms. The molecule has 1 heterocycles. The largest absolute Gasteiger partial charge is 0.353 e. The zero-order valence-corrected chi connectivity index (χ0v) is 14.7. The number of likely N-dealkylation sites (tertiary alicyclic amines) is 1. The van der Waals surface area contributed by atoms with Gasteiger partial charge in [0.15, 0.2) is 0 Å². The van der Waals surface area contributed by atoms with Crippen LogP contribution in [0.15, 0.2) is 30.3 Å². The van der Waals surface area contributed by atoms with Gasteiger partial charge in [0.25, 0.3) is 0 Å². The monoisotopic (exact) mass is 328 g/mol. The van der Waals surface area contributed by atoms with E-state index in [1.54, 1.807) is 0 Å². The smallest absolute Gasteiger partial charge is 0.225 e. The minimum atomic E-state index is -0.203. The van der Waals surface area contributed by atoms with E-state index in [1.807, 2.05) is 35.2 Å². The van der Waals surface area contributed by atoms with E-state index in [0.717, 1.165) is 12.0 Å². The molecule has 0 spiro atoms. The summed E-state index contributed by atoms with van der Waals surface area (Å²) in [6.45, 7) is 5.64. The number of amides is 2. The first-order valence-corrected chi connectivity index (χ1v) is 9.16. The van der Waals surface area contributed by atoms with Gasteiger partial charge in [-0.15, -0.1) is 0 Å². The third kappa shape index (κ3) is 3.80. The number of rotatable bonds is 4. The summed E-state index contributed by atoms with van der Waals surface area (Å²) in [5.74, 6) is 1.11. The van der Waals surface area contributed by atoms with Crippen molar-refractivity contribution in [3.63, 3.8) is 0 Å². The molecule has 1 aliphatic heterocycles. The molecule has 1 N–H and O–H groups in total. The molecule has 4 atom stereocenters. The lowest BCUT2D eigenvalue weighted by Gasteiger charge is -2.35. The quantitative estimate of drug-likeness (QED) is 0.924. The summed E-state index contributed by atoms with van der Waals surface area (Å²) in [6.07, 6.45) is 3.83. The molecule has 1 saturated heterocycles. The fourth-order valence-electron chi connectivity index (χ4n) is 3.99. The van der Waals surface area contributed by atoms with Crippen molar-refractivity contribution < 1.29 is 9.59 Å². The van der Waals surface area contributed by atoms with Crippen LogP contribution in [-0.4, -0.2) is 29.3 Å². The van der Waals surface area contributed by atoms with Crippen LogP contribution >= 0.6 is 0 Å². The molecular weight excluding hydrogens is 300 g/mol. The second-order valence-electron chi connectivity index (χ2n) is 7.54. The molecule has 130 valence electrons. The Balaban J connectivity index is 1.56. The number of hydrogen-bond donors (Lipinski definition) is 1. The molecule has 4 heteroatoms. The summed E-state index contributed by atoms with van der Waals surface area (Å²) in [7, 11) is 0. The molecular formula is C20H28N2O2. The van der Waals surface area contributed by atoms with E-state index < -0.39 is 0 Å². The van der Waals surface area contributed by atoms with Crippen molar-refractivity contribution in [1.29, 1.82) is 0 Å². The molecule has 3 rings (SSSR count). The Morgan fingerprint density at radius 1 is 1.21 bits per heavy atom. The molecule has 24 heavy (non-hydrogen) atoms. The zero-order valence-electron chi connectivity index (χ0n) is 14.7. The van der Waals surface area contributed by atoms with E-state index in [0.29, 0.717) is 31.3 Å². The van der Waals surface area contributed by atoms with Gasteiger partial charge in [-0.05, 0) is 23.8 Å². The second-order valence-corrected chi connectivity index (χ2v) is 7.54. The fourth-order valence-corrected chi connectivity index (χ4v) is 3.99.